The van der Waals surface area contributed by atoms with Gasteiger partial charge >= 0.3 is 0 Å². The second-order valence-electron chi connectivity index (χ2n) is 3.18. The first-order valence-corrected chi connectivity index (χ1v) is 4.73. The lowest BCUT2D eigenvalue weighted by Crippen LogP contribution is -1.86. The molecule has 0 spiro atoms. The summed E-state index contributed by atoms with van der Waals surface area (Å²) in [7, 11) is 0. The van der Waals surface area contributed by atoms with E-state index >= 15 is 0 Å². The maximum Gasteiger partial charge on any atom is 0.219 e. The molecule has 0 aliphatic rings. The van der Waals surface area contributed by atoms with E-state index in [0.29, 0.717) is 22.7 Å². The molecule has 5 nitrogen and oxygen atoms in total. The van der Waals surface area contributed by atoms with Gasteiger partial charge in [0.15, 0.2) is 0 Å². The third-order valence-electron chi connectivity index (χ3n) is 2.09. The molecule has 5 heteroatoms. The van der Waals surface area contributed by atoms with Crippen LogP contribution in [0.1, 0.15) is 0 Å². The van der Waals surface area contributed by atoms with E-state index in [0.717, 1.165) is 0 Å². The summed E-state index contributed by atoms with van der Waals surface area (Å²) in [6.07, 6.45) is 1.67. The van der Waals surface area contributed by atoms with E-state index in [9.17, 15) is 0 Å². The molecule has 2 aromatic heterocycles. The standard InChI is InChI=1S/C11H7N3O2/c1-2-6-12-11(3-1)15-8-4-5-9-10(7-8)14-16-13-9/h1-7H. The molecule has 0 radical (unpaired) electrons. The van der Waals surface area contributed by atoms with Crippen molar-refractivity contribution in [2.24, 2.45) is 0 Å². The van der Waals surface area contributed by atoms with Gasteiger partial charge < -0.3 is 4.74 Å². The second kappa shape index (κ2) is 3.62. The Morgan fingerprint density at radius 3 is 2.81 bits per heavy atom. The van der Waals surface area contributed by atoms with E-state index in [4.69, 9.17) is 4.74 Å². The van der Waals surface area contributed by atoms with Crippen molar-refractivity contribution in [1.82, 2.24) is 15.3 Å². The Balaban J connectivity index is 1.94. The Morgan fingerprint density at radius 1 is 1.00 bits per heavy atom. The van der Waals surface area contributed by atoms with E-state index in [2.05, 4.69) is 19.9 Å². The van der Waals surface area contributed by atoms with Crippen molar-refractivity contribution >= 4 is 11.0 Å². The topological polar surface area (TPSA) is 61.0 Å². The number of aromatic nitrogens is 3. The molecule has 0 bridgehead atoms. The lowest BCUT2D eigenvalue weighted by molar-refractivity contribution is 0.315. The van der Waals surface area contributed by atoms with Crippen LogP contribution in [0, 0.1) is 0 Å². The zero-order valence-corrected chi connectivity index (χ0v) is 8.20. The summed E-state index contributed by atoms with van der Waals surface area (Å²) in [5, 5.41) is 7.44. The molecule has 0 saturated carbocycles. The van der Waals surface area contributed by atoms with E-state index in [1.54, 1.807) is 30.5 Å². The van der Waals surface area contributed by atoms with E-state index in [1.807, 2.05) is 12.1 Å². The first-order chi connectivity index (χ1) is 7.92. The number of pyridine rings is 1. The van der Waals surface area contributed by atoms with Gasteiger partial charge in [-0.15, -0.1) is 0 Å². The van der Waals surface area contributed by atoms with Crippen molar-refractivity contribution in [3.8, 4) is 11.6 Å². The van der Waals surface area contributed by atoms with Gasteiger partial charge in [-0.05, 0) is 28.5 Å². The molecule has 0 aliphatic carbocycles. The van der Waals surface area contributed by atoms with Crippen molar-refractivity contribution in [2.75, 3.05) is 0 Å². The molecular formula is C11H7N3O2. The third-order valence-corrected chi connectivity index (χ3v) is 2.09. The van der Waals surface area contributed by atoms with Crippen LogP contribution in [0.4, 0.5) is 0 Å². The normalized spacial score (nSPS) is 10.5. The van der Waals surface area contributed by atoms with E-state index in [1.165, 1.54) is 0 Å². The van der Waals surface area contributed by atoms with Crippen LogP contribution in [0.25, 0.3) is 11.0 Å². The van der Waals surface area contributed by atoms with Gasteiger partial charge in [-0.25, -0.2) is 9.61 Å². The van der Waals surface area contributed by atoms with Gasteiger partial charge in [0.2, 0.25) is 5.88 Å². The minimum absolute atomic E-state index is 0.540. The van der Waals surface area contributed by atoms with Crippen LogP contribution in [0.3, 0.4) is 0 Å². The average molecular weight is 213 g/mol. The van der Waals surface area contributed by atoms with Crippen molar-refractivity contribution in [1.29, 1.82) is 0 Å². The highest BCUT2D eigenvalue weighted by atomic mass is 16.6. The van der Waals surface area contributed by atoms with Gasteiger partial charge in [0.25, 0.3) is 0 Å². The van der Waals surface area contributed by atoms with E-state index < -0.39 is 0 Å². The summed E-state index contributed by atoms with van der Waals surface area (Å²) < 4.78 is 10.1. The number of hydrogen-bond donors (Lipinski definition) is 0. The molecule has 16 heavy (non-hydrogen) atoms. The fraction of sp³-hybridized carbons (Fsp3) is 0. The average Bonchev–Trinajstić information content (AvgIpc) is 2.77. The Labute approximate surface area is 90.6 Å². The van der Waals surface area contributed by atoms with Gasteiger partial charge in [0, 0.05) is 18.3 Å². The molecule has 0 atom stereocenters. The van der Waals surface area contributed by atoms with Crippen LogP contribution in [0.2, 0.25) is 0 Å². The lowest BCUT2D eigenvalue weighted by atomic mass is 10.3. The first kappa shape index (κ1) is 8.84. The molecule has 2 heterocycles. The van der Waals surface area contributed by atoms with Gasteiger partial charge in [-0.3, -0.25) is 0 Å². The number of benzene rings is 1. The summed E-state index contributed by atoms with van der Waals surface area (Å²) in [5.74, 6) is 1.19. The summed E-state index contributed by atoms with van der Waals surface area (Å²) in [6, 6.07) is 10.8. The molecular weight excluding hydrogens is 206 g/mol. The minimum Gasteiger partial charge on any atom is -0.439 e. The molecule has 0 amide bonds. The van der Waals surface area contributed by atoms with E-state index in [-0.39, 0.29) is 0 Å². The molecule has 3 rings (SSSR count). The lowest BCUT2D eigenvalue weighted by Gasteiger charge is -2.02. The molecule has 0 N–H and O–H groups in total. The minimum atomic E-state index is 0.540. The Bertz CT molecular complexity index is 607. The molecule has 0 aliphatic heterocycles. The van der Waals surface area contributed by atoms with Crippen LogP contribution in [-0.2, 0) is 0 Å². The van der Waals surface area contributed by atoms with Crippen molar-refractivity contribution in [3.63, 3.8) is 0 Å². The Kier molecular flexibility index (Phi) is 2.00. The molecule has 0 unspecified atom stereocenters. The number of hydrogen-bond acceptors (Lipinski definition) is 5. The summed E-state index contributed by atoms with van der Waals surface area (Å²) >= 11 is 0. The zero-order valence-electron chi connectivity index (χ0n) is 8.20. The SMILES string of the molecule is c1ccc(Oc2ccc3nonc3c2)nc1. The molecule has 78 valence electrons. The molecule has 1 aromatic carbocycles. The molecule has 0 fully saturated rings. The number of rotatable bonds is 2. The Hall–Kier alpha value is -2.43. The highest BCUT2D eigenvalue weighted by Crippen LogP contribution is 2.22. The quantitative estimate of drug-likeness (QED) is 0.654. The molecule has 0 saturated heterocycles. The number of ether oxygens (including phenoxy) is 1. The third kappa shape index (κ3) is 1.58. The van der Waals surface area contributed by atoms with Crippen LogP contribution < -0.4 is 4.74 Å². The fourth-order valence-electron chi connectivity index (χ4n) is 1.35. The van der Waals surface area contributed by atoms with Crippen LogP contribution in [-0.4, -0.2) is 15.3 Å². The largest absolute Gasteiger partial charge is 0.439 e. The predicted octanol–water partition coefficient (Wildman–Crippen LogP) is 2.41. The zero-order chi connectivity index (χ0) is 10.8. The van der Waals surface area contributed by atoms with Crippen molar-refractivity contribution in [2.45, 2.75) is 0 Å². The number of nitrogens with zero attached hydrogens (tertiary/aromatic N) is 3. The smallest absolute Gasteiger partial charge is 0.219 e. The summed E-state index contributed by atoms with van der Waals surface area (Å²) in [5.41, 5.74) is 1.36. The van der Waals surface area contributed by atoms with Gasteiger partial charge in [0.1, 0.15) is 16.8 Å². The van der Waals surface area contributed by atoms with Crippen LogP contribution in [0.15, 0.2) is 47.2 Å². The highest BCUT2D eigenvalue weighted by Gasteiger charge is 2.03. The van der Waals surface area contributed by atoms with Gasteiger partial charge in [0.05, 0.1) is 0 Å². The van der Waals surface area contributed by atoms with Gasteiger partial charge in [-0.2, -0.15) is 0 Å². The van der Waals surface area contributed by atoms with Crippen molar-refractivity contribution in [3.05, 3.63) is 42.6 Å². The van der Waals surface area contributed by atoms with Gasteiger partial charge in [-0.1, -0.05) is 6.07 Å². The monoisotopic (exact) mass is 213 g/mol. The van der Waals surface area contributed by atoms with Crippen LogP contribution in [0.5, 0.6) is 11.6 Å². The highest BCUT2D eigenvalue weighted by molar-refractivity contribution is 5.74. The Morgan fingerprint density at radius 2 is 1.94 bits per heavy atom. The summed E-state index contributed by atoms with van der Waals surface area (Å²) in [6.45, 7) is 0. The second-order valence-corrected chi connectivity index (χ2v) is 3.18. The molecule has 3 aromatic rings. The predicted molar refractivity (Wildman–Crippen MR) is 56.1 cm³/mol. The maximum atomic E-state index is 5.54. The fourth-order valence-corrected chi connectivity index (χ4v) is 1.35. The maximum absolute atomic E-state index is 5.54. The van der Waals surface area contributed by atoms with Crippen LogP contribution >= 0.6 is 0 Å². The number of fused-ring (bicyclic) bond motifs is 1. The van der Waals surface area contributed by atoms with Crippen molar-refractivity contribution < 1.29 is 9.37 Å². The first-order valence-electron chi connectivity index (χ1n) is 4.73. The summed E-state index contributed by atoms with van der Waals surface area (Å²) in [4.78, 5) is 4.06.